The van der Waals surface area contributed by atoms with Crippen LogP contribution in [0.2, 0.25) is 5.02 Å². The molecule has 0 saturated heterocycles. The number of halogens is 3. The molecule has 0 radical (unpaired) electrons. The molecule has 2 aromatic rings. The van der Waals surface area contributed by atoms with E-state index in [0.717, 1.165) is 5.56 Å². The zero-order chi connectivity index (χ0) is 32.2. The Morgan fingerprint density at radius 1 is 1.18 bits per heavy atom. The normalized spacial score (nSPS) is 24.8. The van der Waals surface area contributed by atoms with E-state index in [9.17, 15) is 39.6 Å². The number of fused-ring (bicyclic) bond motifs is 3. The van der Waals surface area contributed by atoms with Gasteiger partial charge in [0.1, 0.15) is 22.8 Å². The quantitative estimate of drug-likeness (QED) is 0.139. The van der Waals surface area contributed by atoms with Crippen molar-refractivity contribution in [2.75, 3.05) is 19.4 Å². The van der Waals surface area contributed by atoms with Gasteiger partial charge in [-0.25, -0.2) is 0 Å². The van der Waals surface area contributed by atoms with Crippen LogP contribution >= 0.6 is 44.5 Å². The van der Waals surface area contributed by atoms with Crippen LogP contribution in [0.3, 0.4) is 0 Å². The highest BCUT2D eigenvalue weighted by atomic mass is 79.9. The summed E-state index contributed by atoms with van der Waals surface area (Å²) in [6.45, 7) is 0. The first-order valence-corrected chi connectivity index (χ1v) is 15.2. The predicted molar refractivity (Wildman–Crippen MR) is 176 cm³/mol. The monoisotopic (exact) mass is 767 g/mol. The lowest BCUT2D eigenvalue weighted by molar-refractivity contribution is -0.153. The average Bonchev–Trinajstić information content (AvgIpc) is 2.95. The lowest BCUT2D eigenvalue weighted by atomic mass is 9.57. The summed E-state index contributed by atoms with van der Waals surface area (Å²) in [5.74, 6) is -8.11. The van der Waals surface area contributed by atoms with E-state index in [1.165, 1.54) is 25.1 Å². The molecular weight excluding hydrogens is 738 g/mol. The molecule has 3 aliphatic carbocycles. The number of phenols is 1. The van der Waals surface area contributed by atoms with Crippen LogP contribution < -0.4 is 11.1 Å². The molecule has 0 spiro atoms. The number of aryl methyl sites for hydroxylation is 1. The second-order valence-corrected chi connectivity index (χ2v) is 13.1. The van der Waals surface area contributed by atoms with Crippen LogP contribution in [-0.2, 0) is 32.0 Å². The number of aliphatic hydroxyl groups is 3. The van der Waals surface area contributed by atoms with Crippen molar-refractivity contribution in [3.05, 3.63) is 75.0 Å². The van der Waals surface area contributed by atoms with Gasteiger partial charge >= 0.3 is 0 Å². The number of nitrogens with zero attached hydrogens (tertiary/aromatic N) is 1. The van der Waals surface area contributed by atoms with Gasteiger partial charge < -0.3 is 31.5 Å². The number of amides is 2. The van der Waals surface area contributed by atoms with Crippen LogP contribution in [0.1, 0.15) is 29.5 Å². The lowest BCUT2D eigenvalue weighted by Crippen LogP contribution is -2.65. The number of hydrogen-bond acceptors (Lipinski definition) is 9. The molecule has 3 aliphatic rings. The number of rotatable bonds is 7. The van der Waals surface area contributed by atoms with E-state index in [1.807, 2.05) is 30.3 Å². The van der Waals surface area contributed by atoms with Crippen molar-refractivity contribution in [3.8, 4) is 5.75 Å². The van der Waals surface area contributed by atoms with Crippen molar-refractivity contribution in [2.45, 2.75) is 42.2 Å². The SMILES string of the molecule is Br.CN(C)[C@@H]1C(=O)C(C(N)=O)=C(O)[C@@]2(O)C(=O)C3=C(O)c4c(cc(Cl)c(NC(=O)C(Br)CCc5ccccc5)c4O)CC3CC12. The maximum atomic E-state index is 14.0. The molecule has 1 saturated carbocycles. The smallest absolute Gasteiger partial charge is 0.255 e. The summed E-state index contributed by atoms with van der Waals surface area (Å²) in [6, 6.07) is 9.85. The summed E-state index contributed by atoms with van der Waals surface area (Å²) in [5, 5.41) is 48.0. The second-order valence-electron chi connectivity index (χ2n) is 11.6. The number of Topliss-reactive ketones (excluding diaryl/α,β-unsaturated/α-hetero) is 2. The molecular formula is C31H32Br2ClN3O8. The number of ketones is 2. The Kier molecular flexibility index (Phi) is 9.91. The summed E-state index contributed by atoms with van der Waals surface area (Å²) in [5.41, 5.74) is 2.48. The van der Waals surface area contributed by atoms with E-state index in [2.05, 4.69) is 21.2 Å². The number of hydrogen-bond donors (Lipinski definition) is 6. The van der Waals surface area contributed by atoms with Crippen molar-refractivity contribution in [1.82, 2.24) is 4.90 Å². The standard InChI is InChI=1S/C31H31BrClN3O8.BrH/c1-36(2)23-16-11-14-10-15-12-18(33)22(35-30(43)17(32)9-8-13-6-4-3-5-7-13)25(38)19(15)24(37)20(14)27(40)31(16,44)28(41)21(26(23)39)29(34)42;/h3-7,12,14,16-17,23,37-38,41,44H,8-11H2,1-2H3,(H2,34,42)(H,35,43);1H/t14?,16?,17?,23-,31-;/m0./s1. The zero-order valence-electron chi connectivity index (χ0n) is 24.2. The number of carbonyl (C=O) groups is 4. The molecule has 0 heterocycles. The van der Waals surface area contributed by atoms with Gasteiger partial charge in [-0.3, -0.25) is 24.1 Å². The largest absolute Gasteiger partial charge is 0.508 e. The maximum Gasteiger partial charge on any atom is 0.255 e. The molecule has 0 bridgehead atoms. The summed E-state index contributed by atoms with van der Waals surface area (Å²) >= 11 is 9.86. The molecule has 14 heteroatoms. The van der Waals surface area contributed by atoms with Gasteiger partial charge in [-0.15, -0.1) is 17.0 Å². The minimum Gasteiger partial charge on any atom is -0.508 e. The van der Waals surface area contributed by atoms with Crippen LogP contribution in [-0.4, -0.2) is 79.3 Å². The first kappa shape index (κ1) is 34.6. The lowest BCUT2D eigenvalue weighted by Gasteiger charge is -2.50. The van der Waals surface area contributed by atoms with E-state index < -0.39 is 74.5 Å². The molecule has 5 rings (SSSR count). The van der Waals surface area contributed by atoms with Gasteiger partial charge in [0.05, 0.1) is 21.5 Å². The minimum absolute atomic E-state index is 0. The summed E-state index contributed by atoms with van der Waals surface area (Å²) in [4.78, 5) is 53.1. The van der Waals surface area contributed by atoms with Gasteiger partial charge in [0, 0.05) is 11.5 Å². The summed E-state index contributed by atoms with van der Waals surface area (Å²) in [7, 11) is 3.06. The Morgan fingerprint density at radius 2 is 1.82 bits per heavy atom. The predicted octanol–water partition coefficient (Wildman–Crippen LogP) is 3.53. The molecule has 0 aliphatic heterocycles. The molecule has 1 fully saturated rings. The number of aromatic hydroxyl groups is 1. The molecule has 240 valence electrons. The number of benzene rings is 2. The fraction of sp³-hybridized carbons (Fsp3) is 0.355. The number of nitrogens with two attached hydrogens (primary N) is 1. The fourth-order valence-corrected chi connectivity index (χ4v) is 7.27. The third kappa shape index (κ3) is 5.69. The highest BCUT2D eigenvalue weighted by Crippen LogP contribution is 2.54. The fourth-order valence-electron chi connectivity index (χ4n) is 6.65. The molecule has 5 atom stereocenters. The van der Waals surface area contributed by atoms with Gasteiger partial charge in [-0.1, -0.05) is 57.9 Å². The molecule has 0 aromatic heterocycles. The van der Waals surface area contributed by atoms with E-state index >= 15 is 0 Å². The number of anilines is 1. The Bertz CT molecular complexity index is 1660. The molecule has 2 amide bonds. The number of aliphatic hydroxyl groups excluding tert-OH is 2. The van der Waals surface area contributed by atoms with Crippen molar-refractivity contribution >= 4 is 79.3 Å². The first-order chi connectivity index (χ1) is 20.7. The van der Waals surface area contributed by atoms with Crippen LogP contribution in [0, 0.1) is 11.8 Å². The van der Waals surface area contributed by atoms with Crippen molar-refractivity contribution in [1.29, 1.82) is 0 Å². The first-order valence-electron chi connectivity index (χ1n) is 13.9. The number of primary amides is 1. The highest BCUT2D eigenvalue weighted by Gasteiger charge is 2.64. The van der Waals surface area contributed by atoms with Crippen molar-refractivity contribution in [2.24, 2.45) is 17.6 Å². The Hall–Kier alpha value is -3.23. The Morgan fingerprint density at radius 3 is 2.42 bits per heavy atom. The minimum atomic E-state index is -2.74. The van der Waals surface area contributed by atoms with Crippen LogP contribution in [0.4, 0.5) is 5.69 Å². The Balaban J connectivity index is 0.00000461. The van der Waals surface area contributed by atoms with Crippen molar-refractivity contribution in [3.63, 3.8) is 0 Å². The van der Waals surface area contributed by atoms with Gasteiger partial charge in [-0.2, -0.15) is 0 Å². The second kappa shape index (κ2) is 12.9. The molecule has 7 N–H and O–H groups in total. The number of carbonyl (C=O) groups excluding carboxylic acids is 4. The van der Waals surface area contributed by atoms with E-state index in [0.29, 0.717) is 18.4 Å². The van der Waals surface area contributed by atoms with Gasteiger partial charge in [0.2, 0.25) is 11.7 Å². The Labute approximate surface area is 282 Å². The van der Waals surface area contributed by atoms with Gasteiger partial charge in [0.25, 0.3) is 5.91 Å². The van der Waals surface area contributed by atoms with Crippen molar-refractivity contribution < 1.29 is 39.6 Å². The van der Waals surface area contributed by atoms with Crippen LogP contribution in [0.5, 0.6) is 5.75 Å². The molecule has 45 heavy (non-hydrogen) atoms. The maximum absolute atomic E-state index is 14.0. The van der Waals surface area contributed by atoms with E-state index in [4.69, 9.17) is 17.3 Å². The zero-order valence-corrected chi connectivity index (χ0v) is 28.3. The van der Waals surface area contributed by atoms with E-state index in [-0.39, 0.29) is 51.7 Å². The molecule has 3 unspecified atom stereocenters. The number of likely N-dealkylation sites (N-methyl/N-ethyl adjacent to an activating group) is 1. The summed E-state index contributed by atoms with van der Waals surface area (Å²) in [6.07, 6.45) is 1.07. The van der Waals surface area contributed by atoms with Gasteiger partial charge in [0.15, 0.2) is 17.1 Å². The van der Waals surface area contributed by atoms with Crippen LogP contribution in [0.25, 0.3) is 5.76 Å². The third-order valence-electron chi connectivity index (χ3n) is 8.73. The van der Waals surface area contributed by atoms with Gasteiger partial charge in [-0.05, 0) is 62.9 Å². The average molecular weight is 770 g/mol. The van der Waals surface area contributed by atoms with Crippen LogP contribution in [0.15, 0.2) is 53.3 Å². The highest BCUT2D eigenvalue weighted by molar-refractivity contribution is 9.10. The van der Waals surface area contributed by atoms with E-state index in [1.54, 1.807) is 0 Å². The summed E-state index contributed by atoms with van der Waals surface area (Å²) < 4.78 is 0. The molecule has 2 aromatic carbocycles. The number of phenolic OH excluding ortho intramolecular Hbond substituents is 1. The topological polar surface area (TPSA) is 190 Å². The third-order valence-corrected chi connectivity index (χ3v) is 9.90. The number of alkyl halides is 1. The molecule has 11 nitrogen and oxygen atoms in total. The number of nitrogens with one attached hydrogen (secondary N) is 1.